The van der Waals surface area contributed by atoms with Crippen LogP contribution < -0.4 is 5.56 Å². The molecule has 4 rings (SSSR count). The first-order valence-corrected chi connectivity index (χ1v) is 10.1. The van der Waals surface area contributed by atoms with Gasteiger partial charge in [-0.15, -0.1) is 11.3 Å². The molecule has 0 amide bonds. The summed E-state index contributed by atoms with van der Waals surface area (Å²) >= 11 is 1.47. The number of hydrogen-bond donors (Lipinski definition) is 0. The Morgan fingerprint density at radius 3 is 2.72 bits per heavy atom. The molecule has 0 bridgehead atoms. The highest BCUT2D eigenvalue weighted by atomic mass is 32.1. The van der Waals surface area contributed by atoms with Gasteiger partial charge in [0.1, 0.15) is 4.83 Å². The van der Waals surface area contributed by atoms with Crippen molar-refractivity contribution in [2.75, 3.05) is 7.11 Å². The van der Waals surface area contributed by atoms with E-state index in [-0.39, 0.29) is 5.56 Å². The van der Waals surface area contributed by atoms with Gasteiger partial charge in [-0.3, -0.25) is 9.36 Å². The van der Waals surface area contributed by atoms with E-state index < -0.39 is 5.97 Å². The number of carbonyl (C=O) groups is 1. The maximum atomic E-state index is 13.3. The third-order valence-electron chi connectivity index (χ3n) is 5.08. The molecule has 5 nitrogen and oxygen atoms in total. The number of rotatable bonds is 4. The van der Waals surface area contributed by atoms with Crippen molar-refractivity contribution < 1.29 is 9.53 Å². The first-order valence-electron chi connectivity index (χ1n) is 9.19. The van der Waals surface area contributed by atoms with E-state index in [1.165, 1.54) is 29.6 Å². The number of thiophene rings is 1. The molecule has 146 valence electrons. The standard InChI is InChI=1S/C23H20N2O3S/c1-14-7-8-17(9-15(14)2)19-12-29-21-20(19)22(26)25(13-24-21)11-16-5-4-6-18(10-16)23(27)28-3/h4-10,12-13H,11H2,1-3H3. The van der Waals surface area contributed by atoms with E-state index >= 15 is 0 Å². The topological polar surface area (TPSA) is 61.2 Å². The molecular weight excluding hydrogens is 384 g/mol. The minimum absolute atomic E-state index is 0.0899. The van der Waals surface area contributed by atoms with Gasteiger partial charge in [0.05, 0.1) is 30.9 Å². The summed E-state index contributed by atoms with van der Waals surface area (Å²) in [5.41, 5.74) is 5.53. The molecule has 0 saturated heterocycles. The fraction of sp³-hybridized carbons (Fsp3) is 0.174. The minimum Gasteiger partial charge on any atom is -0.465 e. The average molecular weight is 404 g/mol. The summed E-state index contributed by atoms with van der Waals surface area (Å²) in [5.74, 6) is -0.400. The number of nitrogens with zero attached hydrogens (tertiary/aromatic N) is 2. The van der Waals surface area contributed by atoms with Crippen LogP contribution in [0.1, 0.15) is 27.0 Å². The fourth-order valence-corrected chi connectivity index (χ4v) is 4.22. The molecule has 0 aliphatic heterocycles. The second-order valence-electron chi connectivity index (χ2n) is 7.00. The van der Waals surface area contributed by atoms with E-state index in [0.717, 1.165) is 21.5 Å². The monoisotopic (exact) mass is 404 g/mol. The lowest BCUT2D eigenvalue weighted by Gasteiger charge is -2.08. The summed E-state index contributed by atoms with van der Waals surface area (Å²) in [6.45, 7) is 4.47. The molecule has 0 aliphatic rings. The Morgan fingerprint density at radius 1 is 1.14 bits per heavy atom. The lowest BCUT2D eigenvalue weighted by atomic mass is 10.0. The van der Waals surface area contributed by atoms with E-state index in [2.05, 4.69) is 31.0 Å². The van der Waals surface area contributed by atoms with Crippen molar-refractivity contribution in [1.29, 1.82) is 0 Å². The number of ether oxygens (including phenoxy) is 1. The number of carbonyl (C=O) groups excluding carboxylic acids is 1. The Hall–Kier alpha value is -3.25. The molecule has 0 radical (unpaired) electrons. The highest BCUT2D eigenvalue weighted by molar-refractivity contribution is 7.17. The Bertz CT molecular complexity index is 1290. The summed E-state index contributed by atoms with van der Waals surface area (Å²) in [6, 6.07) is 13.3. The SMILES string of the molecule is COC(=O)c1cccc(Cn2cnc3scc(-c4ccc(C)c(C)c4)c3c2=O)c1. The summed E-state index contributed by atoms with van der Waals surface area (Å²) in [5, 5.41) is 2.62. The van der Waals surface area contributed by atoms with Gasteiger partial charge in [-0.1, -0.05) is 30.3 Å². The van der Waals surface area contributed by atoms with E-state index in [0.29, 0.717) is 17.5 Å². The smallest absolute Gasteiger partial charge is 0.337 e. The molecule has 0 saturated carbocycles. The maximum absolute atomic E-state index is 13.3. The normalized spacial score (nSPS) is 11.0. The van der Waals surface area contributed by atoms with Crippen LogP contribution in [0, 0.1) is 13.8 Å². The van der Waals surface area contributed by atoms with Gasteiger partial charge in [-0.05, 0) is 48.2 Å². The van der Waals surface area contributed by atoms with Gasteiger partial charge in [0.15, 0.2) is 0 Å². The molecule has 0 aliphatic carbocycles. The maximum Gasteiger partial charge on any atom is 0.337 e. The van der Waals surface area contributed by atoms with E-state index in [4.69, 9.17) is 4.74 Å². The van der Waals surface area contributed by atoms with Crippen LogP contribution in [0.3, 0.4) is 0 Å². The lowest BCUT2D eigenvalue weighted by Crippen LogP contribution is -2.21. The number of esters is 1. The molecule has 2 aromatic heterocycles. The fourth-order valence-electron chi connectivity index (χ4n) is 3.31. The molecule has 0 atom stereocenters. The molecule has 6 heteroatoms. The number of benzene rings is 2. The number of methoxy groups -OCH3 is 1. The van der Waals surface area contributed by atoms with Gasteiger partial charge >= 0.3 is 5.97 Å². The van der Waals surface area contributed by atoms with Gasteiger partial charge < -0.3 is 4.74 Å². The molecule has 2 heterocycles. The zero-order chi connectivity index (χ0) is 20.5. The molecular formula is C23H20N2O3S. The van der Waals surface area contributed by atoms with E-state index in [1.54, 1.807) is 29.1 Å². The van der Waals surface area contributed by atoms with E-state index in [1.807, 2.05) is 17.5 Å². The van der Waals surface area contributed by atoms with E-state index in [9.17, 15) is 9.59 Å². The van der Waals surface area contributed by atoms with Crippen molar-refractivity contribution in [3.8, 4) is 11.1 Å². The first-order chi connectivity index (χ1) is 14.0. The molecule has 0 N–H and O–H groups in total. The third-order valence-corrected chi connectivity index (χ3v) is 5.97. The van der Waals surface area contributed by atoms with Crippen LogP contribution in [-0.2, 0) is 11.3 Å². The van der Waals surface area contributed by atoms with Crippen LogP contribution in [0.25, 0.3) is 21.3 Å². The summed E-state index contributed by atoms with van der Waals surface area (Å²) in [6.07, 6.45) is 1.57. The van der Waals surface area contributed by atoms with Crippen molar-refractivity contribution in [3.05, 3.63) is 86.8 Å². The Labute approximate surface area is 172 Å². The second-order valence-corrected chi connectivity index (χ2v) is 7.86. The van der Waals surface area contributed by atoms with Crippen LogP contribution in [0.5, 0.6) is 0 Å². The van der Waals surface area contributed by atoms with Gasteiger partial charge in [0.25, 0.3) is 5.56 Å². The Balaban J connectivity index is 1.78. The van der Waals surface area contributed by atoms with Crippen LogP contribution in [0.2, 0.25) is 0 Å². The number of hydrogen-bond acceptors (Lipinski definition) is 5. The Kier molecular flexibility index (Phi) is 5.03. The quantitative estimate of drug-likeness (QED) is 0.467. The van der Waals surface area contributed by atoms with Crippen LogP contribution in [0.15, 0.2) is 59.0 Å². The molecule has 2 aromatic carbocycles. The van der Waals surface area contributed by atoms with Gasteiger partial charge in [-0.2, -0.15) is 0 Å². The van der Waals surface area contributed by atoms with Crippen molar-refractivity contribution in [2.45, 2.75) is 20.4 Å². The van der Waals surface area contributed by atoms with Crippen molar-refractivity contribution in [2.24, 2.45) is 0 Å². The van der Waals surface area contributed by atoms with Gasteiger partial charge in [0, 0.05) is 10.9 Å². The molecule has 29 heavy (non-hydrogen) atoms. The zero-order valence-corrected chi connectivity index (χ0v) is 17.2. The van der Waals surface area contributed by atoms with Gasteiger partial charge in [-0.25, -0.2) is 9.78 Å². The Morgan fingerprint density at radius 2 is 1.97 bits per heavy atom. The first kappa shape index (κ1) is 19.1. The van der Waals surface area contributed by atoms with Crippen LogP contribution in [0.4, 0.5) is 0 Å². The lowest BCUT2D eigenvalue weighted by molar-refractivity contribution is 0.0600. The highest BCUT2D eigenvalue weighted by Crippen LogP contribution is 2.31. The summed E-state index contributed by atoms with van der Waals surface area (Å²) in [4.78, 5) is 30.2. The number of fused-ring (bicyclic) bond motifs is 1. The molecule has 4 aromatic rings. The van der Waals surface area contributed by atoms with Crippen LogP contribution >= 0.6 is 11.3 Å². The second kappa shape index (κ2) is 7.64. The largest absolute Gasteiger partial charge is 0.465 e. The van der Waals surface area contributed by atoms with Crippen molar-refractivity contribution in [1.82, 2.24) is 9.55 Å². The molecule has 0 unspecified atom stereocenters. The molecule has 0 spiro atoms. The predicted molar refractivity (Wildman–Crippen MR) is 116 cm³/mol. The van der Waals surface area contributed by atoms with Gasteiger partial charge in [0.2, 0.25) is 0 Å². The molecule has 0 fully saturated rings. The van der Waals surface area contributed by atoms with Crippen molar-refractivity contribution >= 4 is 27.5 Å². The average Bonchev–Trinajstić information content (AvgIpc) is 3.16. The zero-order valence-electron chi connectivity index (χ0n) is 16.4. The highest BCUT2D eigenvalue weighted by Gasteiger charge is 2.14. The summed E-state index contributed by atoms with van der Waals surface area (Å²) in [7, 11) is 1.35. The number of aromatic nitrogens is 2. The summed E-state index contributed by atoms with van der Waals surface area (Å²) < 4.78 is 6.36. The third kappa shape index (κ3) is 3.59. The predicted octanol–water partition coefficient (Wildman–Crippen LogP) is 4.58. The minimum atomic E-state index is -0.400. The number of aryl methyl sites for hydroxylation is 2. The van der Waals surface area contributed by atoms with Crippen molar-refractivity contribution in [3.63, 3.8) is 0 Å². The van der Waals surface area contributed by atoms with Crippen LogP contribution in [-0.4, -0.2) is 22.6 Å².